The molecule has 0 saturated heterocycles. The van der Waals surface area contributed by atoms with E-state index >= 15 is 0 Å². The molecule has 0 fully saturated rings. The normalized spacial score (nSPS) is 13.7. The van der Waals surface area contributed by atoms with Gasteiger partial charge in [0.05, 0.1) is 6.10 Å². The zero-order valence-electron chi connectivity index (χ0n) is 11.8. The fourth-order valence-corrected chi connectivity index (χ4v) is 2.23. The third-order valence-electron chi connectivity index (χ3n) is 3.00. The Hall–Kier alpha value is -0.930. The third-order valence-corrected chi connectivity index (χ3v) is 3.00. The van der Waals surface area contributed by atoms with Crippen LogP contribution in [0.1, 0.15) is 38.3 Å². The molecule has 0 radical (unpaired) electrons. The van der Waals surface area contributed by atoms with Crippen LogP contribution in [0.3, 0.4) is 0 Å². The molecule has 3 heteroatoms. The molecule has 0 heterocycles. The van der Waals surface area contributed by atoms with Crippen LogP contribution in [-0.4, -0.2) is 17.8 Å². The molecule has 0 spiro atoms. The largest absolute Gasteiger partial charge is 0.393 e. The Morgan fingerprint density at radius 3 is 2.61 bits per heavy atom. The number of rotatable bonds is 6. The maximum absolute atomic E-state index is 13.1. The SMILES string of the molecule is Cc1cc(CNCC(C)(C)CC(C)O)ccc1F. The average Bonchev–Trinajstić information content (AvgIpc) is 2.21. The molecule has 2 N–H and O–H groups in total. The Balaban J connectivity index is 2.43. The molecule has 1 unspecified atom stereocenters. The summed E-state index contributed by atoms with van der Waals surface area (Å²) >= 11 is 0. The summed E-state index contributed by atoms with van der Waals surface area (Å²) in [6.07, 6.45) is 0.484. The molecule has 0 saturated carbocycles. The Morgan fingerprint density at radius 2 is 2.06 bits per heavy atom. The summed E-state index contributed by atoms with van der Waals surface area (Å²) in [5, 5.41) is 12.8. The third kappa shape index (κ3) is 5.15. The molecule has 0 aromatic heterocycles. The van der Waals surface area contributed by atoms with E-state index in [2.05, 4.69) is 19.2 Å². The molecule has 0 aliphatic heterocycles. The van der Waals surface area contributed by atoms with Gasteiger partial charge in [-0.25, -0.2) is 4.39 Å². The van der Waals surface area contributed by atoms with Gasteiger partial charge in [-0.3, -0.25) is 0 Å². The number of aliphatic hydroxyl groups is 1. The van der Waals surface area contributed by atoms with Gasteiger partial charge >= 0.3 is 0 Å². The topological polar surface area (TPSA) is 32.3 Å². The van der Waals surface area contributed by atoms with Crippen molar-refractivity contribution in [1.82, 2.24) is 5.32 Å². The van der Waals surface area contributed by atoms with Crippen LogP contribution >= 0.6 is 0 Å². The molecule has 1 aromatic rings. The molecule has 1 aromatic carbocycles. The summed E-state index contributed by atoms with van der Waals surface area (Å²) in [6, 6.07) is 5.17. The summed E-state index contributed by atoms with van der Waals surface area (Å²) in [7, 11) is 0. The zero-order chi connectivity index (χ0) is 13.8. The van der Waals surface area contributed by atoms with Crippen molar-refractivity contribution < 1.29 is 9.50 Å². The lowest BCUT2D eigenvalue weighted by molar-refractivity contribution is 0.128. The lowest BCUT2D eigenvalue weighted by atomic mass is 9.87. The average molecular weight is 253 g/mol. The molecule has 1 rings (SSSR count). The van der Waals surface area contributed by atoms with Crippen LogP contribution in [-0.2, 0) is 6.54 Å². The Kier molecular flexibility index (Phi) is 5.29. The number of nitrogens with one attached hydrogen (secondary N) is 1. The first-order valence-electron chi connectivity index (χ1n) is 6.44. The zero-order valence-corrected chi connectivity index (χ0v) is 11.8. The van der Waals surface area contributed by atoms with Crippen LogP contribution in [0.4, 0.5) is 4.39 Å². The second-order valence-electron chi connectivity index (χ2n) is 5.90. The van der Waals surface area contributed by atoms with Gasteiger partial charge in [-0.2, -0.15) is 0 Å². The maximum atomic E-state index is 13.1. The highest BCUT2D eigenvalue weighted by molar-refractivity contribution is 5.23. The minimum Gasteiger partial charge on any atom is -0.393 e. The van der Waals surface area contributed by atoms with Gasteiger partial charge in [-0.05, 0) is 42.9 Å². The number of hydrogen-bond acceptors (Lipinski definition) is 2. The van der Waals surface area contributed by atoms with Gasteiger partial charge in [0.15, 0.2) is 0 Å². The summed E-state index contributed by atoms with van der Waals surface area (Å²) in [6.45, 7) is 9.39. The van der Waals surface area contributed by atoms with Crippen LogP contribution < -0.4 is 5.32 Å². The van der Waals surface area contributed by atoms with Crippen molar-refractivity contribution in [3.63, 3.8) is 0 Å². The Labute approximate surface area is 109 Å². The van der Waals surface area contributed by atoms with E-state index in [1.54, 1.807) is 13.0 Å². The summed E-state index contributed by atoms with van der Waals surface area (Å²) < 4.78 is 13.1. The van der Waals surface area contributed by atoms with Gasteiger partial charge < -0.3 is 10.4 Å². The predicted molar refractivity (Wildman–Crippen MR) is 72.9 cm³/mol. The summed E-state index contributed by atoms with van der Waals surface area (Å²) in [5.41, 5.74) is 1.82. The molecule has 2 nitrogen and oxygen atoms in total. The maximum Gasteiger partial charge on any atom is 0.126 e. The molecule has 102 valence electrons. The highest BCUT2D eigenvalue weighted by Gasteiger charge is 2.19. The fraction of sp³-hybridized carbons (Fsp3) is 0.600. The van der Waals surface area contributed by atoms with E-state index in [1.165, 1.54) is 6.07 Å². The van der Waals surface area contributed by atoms with Crippen molar-refractivity contribution in [1.29, 1.82) is 0 Å². The lowest BCUT2D eigenvalue weighted by Crippen LogP contribution is -2.31. The summed E-state index contributed by atoms with van der Waals surface area (Å²) in [5.74, 6) is -0.159. The van der Waals surface area contributed by atoms with Crippen LogP contribution in [0, 0.1) is 18.2 Å². The van der Waals surface area contributed by atoms with Gasteiger partial charge in [-0.15, -0.1) is 0 Å². The molecule has 0 amide bonds. The van der Waals surface area contributed by atoms with Crippen LogP contribution in [0.5, 0.6) is 0 Å². The van der Waals surface area contributed by atoms with Gasteiger partial charge in [-0.1, -0.05) is 26.0 Å². The van der Waals surface area contributed by atoms with Crippen molar-refractivity contribution in [2.75, 3.05) is 6.54 Å². The first-order chi connectivity index (χ1) is 8.30. The van der Waals surface area contributed by atoms with Crippen molar-refractivity contribution in [3.8, 4) is 0 Å². The lowest BCUT2D eigenvalue weighted by Gasteiger charge is -2.26. The smallest absolute Gasteiger partial charge is 0.126 e. The number of aliphatic hydroxyl groups excluding tert-OH is 1. The molecule has 0 aliphatic rings. The van der Waals surface area contributed by atoms with Crippen molar-refractivity contribution in [2.24, 2.45) is 5.41 Å². The van der Waals surface area contributed by atoms with Gasteiger partial charge in [0.2, 0.25) is 0 Å². The van der Waals surface area contributed by atoms with Gasteiger partial charge in [0.25, 0.3) is 0 Å². The Bertz CT molecular complexity index is 388. The highest BCUT2D eigenvalue weighted by Crippen LogP contribution is 2.21. The minimum atomic E-state index is -0.283. The standard InChI is InChI=1S/C15H24FNO/c1-11-7-13(5-6-14(11)16)9-17-10-15(3,4)8-12(2)18/h5-7,12,17-18H,8-10H2,1-4H3. The molecular formula is C15H24FNO. The van der Waals surface area contributed by atoms with E-state index in [0.29, 0.717) is 5.56 Å². The van der Waals surface area contributed by atoms with Crippen molar-refractivity contribution >= 4 is 0 Å². The summed E-state index contributed by atoms with van der Waals surface area (Å²) in [4.78, 5) is 0. The number of hydrogen-bond donors (Lipinski definition) is 2. The van der Waals surface area contributed by atoms with Crippen LogP contribution in [0.2, 0.25) is 0 Å². The molecule has 0 bridgehead atoms. The first-order valence-corrected chi connectivity index (χ1v) is 6.44. The van der Waals surface area contributed by atoms with Crippen molar-refractivity contribution in [2.45, 2.75) is 46.8 Å². The first kappa shape index (κ1) is 15.1. The minimum absolute atomic E-state index is 0.0588. The van der Waals surface area contributed by atoms with Crippen molar-refractivity contribution in [3.05, 3.63) is 35.1 Å². The van der Waals surface area contributed by atoms with Crippen LogP contribution in [0.15, 0.2) is 18.2 Å². The number of benzene rings is 1. The number of halogens is 1. The monoisotopic (exact) mass is 253 g/mol. The molecular weight excluding hydrogens is 229 g/mol. The molecule has 1 atom stereocenters. The van der Waals surface area contributed by atoms with E-state index in [1.807, 2.05) is 13.0 Å². The van der Waals surface area contributed by atoms with Gasteiger partial charge in [0.1, 0.15) is 5.82 Å². The van der Waals surface area contributed by atoms with E-state index in [0.717, 1.165) is 25.1 Å². The number of aryl methyl sites for hydroxylation is 1. The van der Waals surface area contributed by atoms with E-state index < -0.39 is 0 Å². The van der Waals surface area contributed by atoms with Crippen LogP contribution in [0.25, 0.3) is 0 Å². The molecule has 0 aliphatic carbocycles. The van der Waals surface area contributed by atoms with E-state index in [9.17, 15) is 9.50 Å². The van der Waals surface area contributed by atoms with Gasteiger partial charge in [0, 0.05) is 13.1 Å². The second kappa shape index (κ2) is 6.30. The predicted octanol–water partition coefficient (Wildman–Crippen LogP) is 3.02. The second-order valence-corrected chi connectivity index (χ2v) is 5.90. The quantitative estimate of drug-likeness (QED) is 0.817. The fourth-order valence-electron chi connectivity index (χ4n) is 2.23. The Morgan fingerprint density at radius 1 is 1.39 bits per heavy atom. The van der Waals surface area contributed by atoms with E-state index in [-0.39, 0.29) is 17.3 Å². The highest BCUT2D eigenvalue weighted by atomic mass is 19.1. The van der Waals surface area contributed by atoms with E-state index in [4.69, 9.17) is 0 Å². The molecule has 18 heavy (non-hydrogen) atoms.